The molecule has 0 spiro atoms. The molecule has 1 aromatic carbocycles. The zero-order valence-electron chi connectivity index (χ0n) is 9.12. The standard InChI is InChI=1S/C13H19ClS/c14-10-6-12-15-11-5-4-9-13-7-2-1-3-8-13/h1-3,7-8H,4-6,9-12H2. The number of alkyl halides is 1. The molecule has 0 saturated heterocycles. The molecule has 0 aliphatic rings. The van der Waals surface area contributed by atoms with Crippen LogP contribution >= 0.6 is 23.4 Å². The Balaban J connectivity index is 1.93. The number of aryl methyl sites for hydroxylation is 1. The van der Waals surface area contributed by atoms with Crippen molar-refractivity contribution in [3.63, 3.8) is 0 Å². The van der Waals surface area contributed by atoms with Gasteiger partial charge in [0.05, 0.1) is 0 Å². The SMILES string of the molecule is ClCCCSCCCCc1ccccc1. The normalized spacial score (nSPS) is 10.5. The Hall–Kier alpha value is -0.140. The zero-order valence-corrected chi connectivity index (χ0v) is 10.7. The van der Waals surface area contributed by atoms with E-state index < -0.39 is 0 Å². The Kier molecular flexibility index (Phi) is 7.85. The summed E-state index contributed by atoms with van der Waals surface area (Å²) in [4.78, 5) is 0. The average molecular weight is 243 g/mol. The lowest BCUT2D eigenvalue weighted by Gasteiger charge is -2.01. The van der Waals surface area contributed by atoms with Gasteiger partial charge in [-0.1, -0.05) is 30.3 Å². The Morgan fingerprint density at radius 1 is 0.933 bits per heavy atom. The molecule has 0 aliphatic carbocycles. The summed E-state index contributed by atoms with van der Waals surface area (Å²) in [5.74, 6) is 3.30. The van der Waals surface area contributed by atoms with Gasteiger partial charge >= 0.3 is 0 Å². The van der Waals surface area contributed by atoms with Crippen LogP contribution in [0.25, 0.3) is 0 Å². The molecule has 15 heavy (non-hydrogen) atoms. The fraction of sp³-hybridized carbons (Fsp3) is 0.538. The van der Waals surface area contributed by atoms with E-state index in [0.29, 0.717) is 0 Å². The Bertz CT molecular complexity index is 236. The molecule has 0 nitrogen and oxygen atoms in total. The molecular weight excluding hydrogens is 224 g/mol. The van der Waals surface area contributed by atoms with Crippen molar-refractivity contribution in [2.45, 2.75) is 25.7 Å². The lowest BCUT2D eigenvalue weighted by atomic mass is 10.1. The van der Waals surface area contributed by atoms with E-state index in [1.165, 1.54) is 36.3 Å². The van der Waals surface area contributed by atoms with Crippen LogP contribution in [0.5, 0.6) is 0 Å². The van der Waals surface area contributed by atoms with Gasteiger partial charge in [0.25, 0.3) is 0 Å². The van der Waals surface area contributed by atoms with Gasteiger partial charge < -0.3 is 0 Å². The maximum atomic E-state index is 5.61. The average Bonchev–Trinajstić information content (AvgIpc) is 2.29. The van der Waals surface area contributed by atoms with Crippen LogP contribution in [0.3, 0.4) is 0 Å². The van der Waals surface area contributed by atoms with Crippen molar-refractivity contribution in [2.75, 3.05) is 17.4 Å². The lowest BCUT2D eigenvalue weighted by molar-refractivity contribution is 0.802. The van der Waals surface area contributed by atoms with Gasteiger partial charge in [-0.3, -0.25) is 0 Å². The smallest absolute Gasteiger partial charge is 0.0231 e. The topological polar surface area (TPSA) is 0 Å². The predicted molar refractivity (Wildman–Crippen MR) is 72.0 cm³/mol. The van der Waals surface area contributed by atoms with Crippen LogP contribution in [0.2, 0.25) is 0 Å². The summed E-state index contributed by atoms with van der Waals surface area (Å²) in [5.41, 5.74) is 1.46. The van der Waals surface area contributed by atoms with E-state index in [9.17, 15) is 0 Å². The summed E-state index contributed by atoms with van der Waals surface area (Å²) in [5, 5.41) is 0. The molecule has 0 amide bonds. The minimum Gasteiger partial charge on any atom is -0.162 e. The van der Waals surface area contributed by atoms with Crippen molar-refractivity contribution in [1.29, 1.82) is 0 Å². The van der Waals surface area contributed by atoms with Gasteiger partial charge in [-0.15, -0.1) is 11.6 Å². The largest absolute Gasteiger partial charge is 0.162 e. The molecule has 0 aromatic heterocycles. The molecule has 1 aromatic rings. The summed E-state index contributed by atoms with van der Waals surface area (Å²) in [7, 11) is 0. The van der Waals surface area contributed by atoms with E-state index in [2.05, 4.69) is 30.3 Å². The third-order valence-electron chi connectivity index (χ3n) is 2.27. The van der Waals surface area contributed by atoms with Gasteiger partial charge in [-0.25, -0.2) is 0 Å². The van der Waals surface area contributed by atoms with E-state index in [1.54, 1.807) is 0 Å². The van der Waals surface area contributed by atoms with Gasteiger partial charge in [-0.2, -0.15) is 11.8 Å². The van der Waals surface area contributed by atoms with E-state index >= 15 is 0 Å². The second kappa shape index (κ2) is 9.11. The van der Waals surface area contributed by atoms with E-state index in [-0.39, 0.29) is 0 Å². The van der Waals surface area contributed by atoms with Crippen molar-refractivity contribution in [2.24, 2.45) is 0 Å². The van der Waals surface area contributed by atoms with Crippen LogP contribution in [0, 0.1) is 0 Å². The minimum absolute atomic E-state index is 0.803. The molecule has 0 radical (unpaired) electrons. The summed E-state index contributed by atoms with van der Waals surface area (Å²) in [6, 6.07) is 10.7. The fourth-order valence-electron chi connectivity index (χ4n) is 1.44. The Labute approximate surface area is 102 Å². The molecule has 0 aliphatic heterocycles. The molecule has 0 N–H and O–H groups in total. The number of hydrogen-bond donors (Lipinski definition) is 0. The highest BCUT2D eigenvalue weighted by Gasteiger charge is 1.93. The van der Waals surface area contributed by atoms with Gasteiger partial charge in [-0.05, 0) is 42.8 Å². The first-order chi connectivity index (χ1) is 7.43. The maximum absolute atomic E-state index is 5.61. The van der Waals surface area contributed by atoms with Crippen molar-refractivity contribution >= 4 is 23.4 Å². The van der Waals surface area contributed by atoms with Crippen LogP contribution in [0.4, 0.5) is 0 Å². The van der Waals surface area contributed by atoms with Crippen molar-refractivity contribution < 1.29 is 0 Å². The van der Waals surface area contributed by atoms with Crippen molar-refractivity contribution in [3.05, 3.63) is 35.9 Å². The highest BCUT2D eigenvalue weighted by molar-refractivity contribution is 7.99. The number of halogens is 1. The monoisotopic (exact) mass is 242 g/mol. The van der Waals surface area contributed by atoms with E-state index in [4.69, 9.17) is 11.6 Å². The van der Waals surface area contributed by atoms with E-state index in [1.807, 2.05) is 11.8 Å². The summed E-state index contributed by atoms with van der Waals surface area (Å²) in [6.45, 7) is 0. The fourth-order valence-corrected chi connectivity index (χ4v) is 2.69. The highest BCUT2D eigenvalue weighted by Crippen LogP contribution is 2.10. The first-order valence-electron chi connectivity index (χ1n) is 5.61. The van der Waals surface area contributed by atoms with Crippen LogP contribution in [0.1, 0.15) is 24.8 Å². The zero-order chi connectivity index (χ0) is 10.8. The van der Waals surface area contributed by atoms with Gasteiger partial charge in [0.1, 0.15) is 0 Å². The number of thioether (sulfide) groups is 1. The first kappa shape index (κ1) is 12.9. The van der Waals surface area contributed by atoms with Gasteiger partial charge in [0.2, 0.25) is 0 Å². The number of unbranched alkanes of at least 4 members (excludes halogenated alkanes) is 1. The van der Waals surface area contributed by atoms with Gasteiger partial charge in [0, 0.05) is 5.88 Å². The van der Waals surface area contributed by atoms with Crippen LogP contribution in [-0.2, 0) is 6.42 Å². The molecule has 0 heterocycles. The highest BCUT2D eigenvalue weighted by atomic mass is 35.5. The predicted octanol–water partition coefficient (Wildman–Crippen LogP) is 4.37. The second-order valence-electron chi connectivity index (χ2n) is 3.60. The van der Waals surface area contributed by atoms with Crippen LogP contribution in [0.15, 0.2) is 30.3 Å². The molecule has 0 fully saturated rings. The number of rotatable bonds is 8. The van der Waals surface area contributed by atoms with Crippen molar-refractivity contribution in [1.82, 2.24) is 0 Å². The summed E-state index contributed by atoms with van der Waals surface area (Å²) in [6.07, 6.45) is 4.99. The summed E-state index contributed by atoms with van der Waals surface area (Å²) < 4.78 is 0. The Morgan fingerprint density at radius 3 is 2.40 bits per heavy atom. The lowest BCUT2D eigenvalue weighted by Crippen LogP contribution is -1.88. The number of hydrogen-bond acceptors (Lipinski definition) is 1. The maximum Gasteiger partial charge on any atom is 0.0231 e. The molecule has 1 rings (SSSR count). The molecule has 0 saturated carbocycles. The third-order valence-corrected chi connectivity index (χ3v) is 3.69. The van der Waals surface area contributed by atoms with Crippen LogP contribution < -0.4 is 0 Å². The molecule has 84 valence electrons. The molecule has 2 heteroatoms. The molecule has 0 unspecified atom stereocenters. The Morgan fingerprint density at radius 2 is 1.67 bits per heavy atom. The molecule has 0 atom stereocenters. The van der Waals surface area contributed by atoms with Crippen LogP contribution in [-0.4, -0.2) is 17.4 Å². The first-order valence-corrected chi connectivity index (χ1v) is 7.30. The number of benzene rings is 1. The van der Waals surface area contributed by atoms with E-state index in [0.717, 1.165) is 12.3 Å². The third kappa shape index (κ3) is 6.86. The minimum atomic E-state index is 0.803. The molecular formula is C13H19ClS. The second-order valence-corrected chi connectivity index (χ2v) is 5.20. The van der Waals surface area contributed by atoms with Gasteiger partial charge in [0.15, 0.2) is 0 Å². The van der Waals surface area contributed by atoms with Crippen molar-refractivity contribution in [3.8, 4) is 0 Å². The molecule has 0 bridgehead atoms. The quantitative estimate of drug-likeness (QED) is 0.482. The summed E-state index contributed by atoms with van der Waals surface area (Å²) >= 11 is 7.64.